The van der Waals surface area contributed by atoms with E-state index in [1.165, 1.54) is 8.76 Å². The minimum absolute atomic E-state index is 0.776. The monoisotopic (exact) mass is 364 g/mol. The fourth-order valence-corrected chi connectivity index (χ4v) is 4.29. The first-order chi connectivity index (χ1) is 8.12. The van der Waals surface area contributed by atoms with Crippen molar-refractivity contribution in [2.45, 2.75) is 33.2 Å². The molecule has 0 aliphatic carbocycles. The summed E-state index contributed by atoms with van der Waals surface area (Å²) in [5, 5.41) is 1.22. The van der Waals surface area contributed by atoms with Gasteiger partial charge in [0.25, 0.3) is 0 Å². The van der Waals surface area contributed by atoms with Crippen LogP contribution >= 0.6 is 22.6 Å². The molecule has 0 bridgehead atoms. The molecule has 4 heteroatoms. The van der Waals surface area contributed by atoms with E-state index in [4.69, 9.17) is 8.85 Å². The van der Waals surface area contributed by atoms with Crippen LogP contribution in [0.5, 0.6) is 0 Å². The van der Waals surface area contributed by atoms with Gasteiger partial charge in [-0.3, -0.25) is 0 Å². The van der Waals surface area contributed by atoms with Gasteiger partial charge >= 0.3 is 8.56 Å². The van der Waals surface area contributed by atoms with Crippen LogP contribution in [0.4, 0.5) is 0 Å². The Bertz CT molecular complexity index is 319. The molecule has 2 nitrogen and oxygen atoms in total. The van der Waals surface area contributed by atoms with E-state index in [2.05, 4.69) is 67.3 Å². The summed E-state index contributed by atoms with van der Waals surface area (Å²) in [7, 11) is -2.19. The molecule has 0 saturated heterocycles. The van der Waals surface area contributed by atoms with Crippen LogP contribution in [0.2, 0.25) is 6.55 Å². The number of hydrogen-bond donors (Lipinski definition) is 0. The SMILES string of the molecule is CCCO[Si](C)(OCCC)c1ccc(I)cc1. The fourth-order valence-electron chi connectivity index (χ4n) is 1.55. The van der Waals surface area contributed by atoms with Gasteiger partial charge in [0.15, 0.2) is 0 Å². The Labute approximate surface area is 119 Å². The molecule has 1 aromatic carbocycles. The molecule has 1 rings (SSSR count). The number of halogens is 1. The van der Waals surface area contributed by atoms with Crippen LogP contribution in [-0.4, -0.2) is 21.8 Å². The van der Waals surface area contributed by atoms with Gasteiger partial charge in [-0.15, -0.1) is 0 Å². The van der Waals surface area contributed by atoms with E-state index in [1.54, 1.807) is 0 Å². The van der Waals surface area contributed by atoms with Gasteiger partial charge in [0.05, 0.1) is 0 Å². The quantitative estimate of drug-likeness (QED) is 0.545. The van der Waals surface area contributed by atoms with Crippen molar-refractivity contribution in [2.75, 3.05) is 13.2 Å². The Morgan fingerprint density at radius 3 is 1.88 bits per heavy atom. The Hall–Kier alpha value is 0.0869. The zero-order valence-electron chi connectivity index (χ0n) is 10.8. The highest BCUT2D eigenvalue weighted by Gasteiger charge is 2.33. The maximum atomic E-state index is 6.02. The summed E-state index contributed by atoms with van der Waals surface area (Å²) < 4.78 is 13.3. The van der Waals surface area contributed by atoms with E-state index >= 15 is 0 Å². The van der Waals surface area contributed by atoms with E-state index in [1.807, 2.05) is 0 Å². The van der Waals surface area contributed by atoms with Gasteiger partial charge < -0.3 is 8.85 Å². The van der Waals surface area contributed by atoms with Gasteiger partial charge in [-0.05, 0) is 59.3 Å². The van der Waals surface area contributed by atoms with Crippen molar-refractivity contribution in [1.82, 2.24) is 0 Å². The third-order valence-electron chi connectivity index (χ3n) is 2.53. The van der Waals surface area contributed by atoms with Gasteiger partial charge in [0.1, 0.15) is 0 Å². The van der Waals surface area contributed by atoms with Crippen LogP contribution in [0.15, 0.2) is 24.3 Å². The lowest BCUT2D eigenvalue weighted by molar-refractivity contribution is 0.185. The van der Waals surface area contributed by atoms with Crippen LogP contribution in [0.25, 0.3) is 0 Å². The first kappa shape index (κ1) is 15.1. The van der Waals surface area contributed by atoms with E-state index in [0.29, 0.717) is 0 Å². The maximum absolute atomic E-state index is 6.02. The first-order valence-corrected chi connectivity index (χ1v) is 9.56. The van der Waals surface area contributed by atoms with Crippen molar-refractivity contribution >= 4 is 36.3 Å². The Morgan fingerprint density at radius 1 is 1.00 bits per heavy atom. The standard InChI is InChI=1S/C13H21IO2Si/c1-4-10-15-17(3,16-11-5-2)13-8-6-12(14)7-9-13/h6-9H,4-5,10-11H2,1-3H3. The predicted octanol–water partition coefficient (Wildman–Crippen LogP) is 3.42. The van der Waals surface area contributed by atoms with Gasteiger partial charge in [-0.25, -0.2) is 0 Å². The van der Waals surface area contributed by atoms with Crippen LogP contribution in [0, 0.1) is 3.57 Å². The second kappa shape index (κ2) is 7.51. The van der Waals surface area contributed by atoms with E-state index in [0.717, 1.165) is 26.1 Å². The highest BCUT2D eigenvalue weighted by atomic mass is 127. The molecule has 0 aliphatic rings. The van der Waals surface area contributed by atoms with Crippen LogP contribution < -0.4 is 5.19 Å². The maximum Gasteiger partial charge on any atom is 0.369 e. The summed E-state index contributed by atoms with van der Waals surface area (Å²) >= 11 is 2.32. The van der Waals surface area contributed by atoms with E-state index in [9.17, 15) is 0 Å². The summed E-state index contributed by atoms with van der Waals surface area (Å²) in [6.45, 7) is 7.95. The predicted molar refractivity (Wildman–Crippen MR) is 82.9 cm³/mol. The average molecular weight is 364 g/mol. The van der Waals surface area contributed by atoms with Crippen molar-refractivity contribution in [3.8, 4) is 0 Å². The van der Waals surface area contributed by atoms with Crippen molar-refractivity contribution in [3.05, 3.63) is 27.8 Å². The number of benzene rings is 1. The van der Waals surface area contributed by atoms with Gasteiger partial charge in [0, 0.05) is 16.8 Å². The van der Waals surface area contributed by atoms with Gasteiger partial charge in [-0.2, -0.15) is 0 Å². The molecule has 0 saturated carbocycles. The molecule has 0 amide bonds. The Morgan fingerprint density at radius 2 is 1.47 bits per heavy atom. The normalized spacial score (nSPS) is 11.8. The minimum atomic E-state index is -2.19. The fraction of sp³-hybridized carbons (Fsp3) is 0.538. The summed E-state index contributed by atoms with van der Waals surface area (Å²) in [4.78, 5) is 0. The molecule has 0 N–H and O–H groups in total. The average Bonchev–Trinajstić information content (AvgIpc) is 2.34. The molecule has 0 atom stereocenters. The summed E-state index contributed by atoms with van der Waals surface area (Å²) in [5.41, 5.74) is 0. The summed E-state index contributed by atoms with van der Waals surface area (Å²) in [6, 6.07) is 8.51. The molecule has 17 heavy (non-hydrogen) atoms. The van der Waals surface area contributed by atoms with Crippen LogP contribution in [0.1, 0.15) is 26.7 Å². The summed E-state index contributed by atoms with van der Waals surface area (Å²) in [6.07, 6.45) is 2.06. The molecule has 0 unspecified atom stereocenters. The third-order valence-corrected chi connectivity index (χ3v) is 6.14. The molecular formula is C13H21IO2Si. The lowest BCUT2D eigenvalue weighted by Crippen LogP contribution is -2.51. The number of rotatable bonds is 7. The van der Waals surface area contributed by atoms with Gasteiger partial charge in [-0.1, -0.05) is 26.0 Å². The van der Waals surface area contributed by atoms with Gasteiger partial charge in [0.2, 0.25) is 0 Å². The number of hydrogen-bond acceptors (Lipinski definition) is 2. The molecule has 96 valence electrons. The lowest BCUT2D eigenvalue weighted by atomic mass is 10.4. The molecule has 0 fully saturated rings. The molecule has 1 aromatic rings. The zero-order valence-corrected chi connectivity index (χ0v) is 14.0. The zero-order chi connectivity index (χ0) is 12.7. The molecule has 0 spiro atoms. The Balaban J connectivity index is 2.83. The first-order valence-electron chi connectivity index (χ1n) is 6.16. The van der Waals surface area contributed by atoms with Crippen LogP contribution in [0.3, 0.4) is 0 Å². The minimum Gasteiger partial charge on any atom is -0.391 e. The smallest absolute Gasteiger partial charge is 0.369 e. The highest BCUT2D eigenvalue weighted by molar-refractivity contribution is 14.1. The molecule has 0 heterocycles. The lowest BCUT2D eigenvalue weighted by Gasteiger charge is -2.27. The van der Waals surface area contributed by atoms with Crippen LogP contribution in [-0.2, 0) is 8.85 Å². The topological polar surface area (TPSA) is 18.5 Å². The largest absolute Gasteiger partial charge is 0.391 e. The second-order valence-electron chi connectivity index (χ2n) is 4.15. The van der Waals surface area contributed by atoms with Crippen molar-refractivity contribution in [3.63, 3.8) is 0 Å². The molecule has 0 aromatic heterocycles. The van der Waals surface area contributed by atoms with E-state index in [-0.39, 0.29) is 0 Å². The third kappa shape index (κ3) is 4.69. The highest BCUT2D eigenvalue weighted by Crippen LogP contribution is 2.11. The summed E-state index contributed by atoms with van der Waals surface area (Å²) in [5.74, 6) is 0. The van der Waals surface area contributed by atoms with Crippen molar-refractivity contribution in [2.24, 2.45) is 0 Å². The van der Waals surface area contributed by atoms with E-state index < -0.39 is 8.56 Å². The second-order valence-corrected chi connectivity index (χ2v) is 8.44. The van der Waals surface area contributed by atoms with Crippen molar-refractivity contribution < 1.29 is 8.85 Å². The molecule has 0 aliphatic heterocycles. The molecule has 0 radical (unpaired) electrons. The Kier molecular flexibility index (Phi) is 6.69. The molecular weight excluding hydrogens is 343 g/mol. The van der Waals surface area contributed by atoms with Crippen molar-refractivity contribution in [1.29, 1.82) is 0 Å².